The number of ether oxygens (including phenoxy) is 1. The van der Waals surface area contributed by atoms with E-state index in [1.54, 1.807) is 17.9 Å². The number of carboxylic acids is 1. The first-order valence-electron chi connectivity index (χ1n) is 7.06. The Kier molecular flexibility index (Phi) is 3.94. The van der Waals surface area contributed by atoms with Gasteiger partial charge in [-0.15, -0.1) is 0 Å². The Balaban J connectivity index is 2.38. The van der Waals surface area contributed by atoms with Gasteiger partial charge in [0.05, 0.1) is 11.6 Å². The van der Waals surface area contributed by atoms with Crippen molar-refractivity contribution in [1.82, 2.24) is 0 Å². The predicted octanol–water partition coefficient (Wildman–Crippen LogP) is 3.17. The van der Waals surface area contributed by atoms with Gasteiger partial charge < -0.3 is 9.84 Å². The maximum Gasteiger partial charge on any atom is 0.414 e. The average molecular weight is 291 g/mol. The Labute approximate surface area is 124 Å². The molecule has 1 N–H and O–H groups in total. The minimum Gasteiger partial charge on any atom is -0.481 e. The SMILES string of the molecule is CC(C(=O)O)c1cccc2c1N(C(=O)OC(C)(C)C)CC2. The number of carboxylic acid groups (broad SMARTS) is 1. The number of rotatable bonds is 2. The number of anilines is 1. The van der Waals surface area contributed by atoms with Crippen molar-refractivity contribution in [1.29, 1.82) is 0 Å². The van der Waals surface area contributed by atoms with Gasteiger partial charge in [-0.2, -0.15) is 0 Å². The van der Waals surface area contributed by atoms with Crippen LogP contribution in [-0.2, 0) is 16.0 Å². The number of carbonyl (C=O) groups is 2. The zero-order chi connectivity index (χ0) is 15.8. The summed E-state index contributed by atoms with van der Waals surface area (Å²) < 4.78 is 5.41. The van der Waals surface area contributed by atoms with E-state index in [1.165, 1.54) is 0 Å². The van der Waals surface area contributed by atoms with E-state index in [4.69, 9.17) is 4.74 Å². The summed E-state index contributed by atoms with van der Waals surface area (Å²) in [6.07, 6.45) is 0.292. The van der Waals surface area contributed by atoms with Crippen LogP contribution in [-0.4, -0.2) is 29.3 Å². The molecule has 1 heterocycles. The van der Waals surface area contributed by atoms with Gasteiger partial charge in [-0.25, -0.2) is 4.79 Å². The van der Waals surface area contributed by atoms with Crippen molar-refractivity contribution >= 4 is 17.7 Å². The monoisotopic (exact) mass is 291 g/mol. The highest BCUT2D eigenvalue weighted by Gasteiger charge is 2.33. The fraction of sp³-hybridized carbons (Fsp3) is 0.500. The lowest BCUT2D eigenvalue weighted by molar-refractivity contribution is -0.138. The number of fused-ring (bicyclic) bond motifs is 1. The van der Waals surface area contributed by atoms with Crippen molar-refractivity contribution in [3.05, 3.63) is 29.3 Å². The Morgan fingerprint density at radius 2 is 2.00 bits per heavy atom. The molecule has 2 rings (SSSR count). The van der Waals surface area contributed by atoms with E-state index in [0.717, 1.165) is 12.0 Å². The first kappa shape index (κ1) is 15.4. The molecule has 5 heteroatoms. The molecule has 0 aliphatic carbocycles. The maximum absolute atomic E-state index is 12.3. The molecule has 1 unspecified atom stereocenters. The van der Waals surface area contributed by atoms with Crippen LogP contribution in [0.1, 0.15) is 44.7 Å². The minimum absolute atomic E-state index is 0.425. The molecule has 0 saturated heterocycles. The molecule has 0 saturated carbocycles. The van der Waals surface area contributed by atoms with Gasteiger partial charge in [0.2, 0.25) is 0 Å². The number of nitrogens with zero attached hydrogens (tertiary/aromatic N) is 1. The van der Waals surface area contributed by atoms with Crippen LogP contribution in [0.25, 0.3) is 0 Å². The van der Waals surface area contributed by atoms with Crippen molar-refractivity contribution in [2.24, 2.45) is 0 Å². The summed E-state index contributed by atoms with van der Waals surface area (Å²) in [5.41, 5.74) is 1.77. The highest BCUT2D eigenvalue weighted by molar-refractivity contribution is 5.93. The van der Waals surface area contributed by atoms with Crippen LogP contribution in [0.15, 0.2) is 18.2 Å². The fourth-order valence-electron chi connectivity index (χ4n) is 2.47. The molecule has 1 aromatic carbocycles. The first-order chi connectivity index (χ1) is 9.70. The third kappa shape index (κ3) is 3.17. The molecule has 1 atom stereocenters. The number of amides is 1. The molecule has 1 aromatic rings. The van der Waals surface area contributed by atoms with E-state index in [-0.39, 0.29) is 0 Å². The lowest BCUT2D eigenvalue weighted by atomic mass is 9.96. The molecule has 0 bridgehead atoms. The second-order valence-electron chi connectivity index (χ2n) is 6.30. The second kappa shape index (κ2) is 5.39. The van der Waals surface area contributed by atoms with E-state index in [1.807, 2.05) is 32.9 Å². The van der Waals surface area contributed by atoms with Gasteiger partial charge >= 0.3 is 12.1 Å². The van der Waals surface area contributed by atoms with Crippen LogP contribution in [0.3, 0.4) is 0 Å². The van der Waals surface area contributed by atoms with Gasteiger partial charge in [0, 0.05) is 6.54 Å². The summed E-state index contributed by atoms with van der Waals surface area (Å²) in [4.78, 5) is 25.1. The number of aliphatic carboxylic acids is 1. The van der Waals surface area contributed by atoms with Crippen molar-refractivity contribution in [3.8, 4) is 0 Å². The number of benzene rings is 1. The fourth-order valence-corrected chi connectivity index (χ4v) is 2.47. The molecule has 114 valence electrons. The minimum atomic E-state index is -0.903. The summed E-state index contributed by atoms with van der Waals surface area (Å²) in [7, 11) is 0. The lowest BCUT2D eigenvalue weighted by Crippen LogP contribution is -2.36. The summed E-state index contributed by atoms with van der Waals surface area (Å²) in [5.74, 6) is -1.57. The van der Waals surface area contributed by atoms with Crippen molar-refractivity contribution in [3.63, 3.8) is 0 Å². The number of hydrogen-bond acceptors (Lipinski definition) is 3. The van der Waals surface area contributed by atoms with Gasteiger partial charge in [-0.1, -0.05) is 18.2 Å². The standard InChI is InChI=1S/C16H21NO4/c1-10(14(18)19)12-7-5-6-11-8-9-17(13(11)12)15(20)21-16(2,3)4/h5-7,10H,8-9H2,1-4H3,(H,18,19). The van der Waals surface area contributed by atoms with E-state index < -0.39 is 23.6 Å². The van der Waals surface area contributed by atoms with Gasteiger partial charge in [0.1, 0.15) is 5.60 Å². The third-order valence-electron chi connectivity index (χ3n) is 3.48. The zero-order valence-electron chi connectivity index (χ0n) is 12.8. The Morgan fingerprint density at radius 3 is 2.57 bits per heavy atom. The largest absolute Gasteiger partial charge is 0.481 e. The maximum atomic E-state index is 12.3. The quantitative estimate of drug-likeness (QED) is 0.908. The number of para-hydroxylation sites is 1. The Morgan fingerprint density at radius 1 is 1.33 bits per heavy atom. The van der Waals surface area contributed by atoms with E-state index in [2.05, 4.69) is 0 Å². The molecular weight excluding hydrogens is 270 g/mol. The number of hydrogen-bond donors (Lipinski definition) is 1. The molecule has 1 aliphatic heterocycles. The van der Waals surface area contributed by atoms with Crippen LogP contribution < -0.4 is 4.90 Å². The van der Waals surface area contributed by atoms with Gasteiger partial charge in [0.25, 0.3) is 0 Å². The Hall–Kier alpha value is -2.04. The van der Waals surface area contributed by atoms with E-state index in [0.29, 0.717) is 17.8 Å². The average Bonchev–Trinajstić information content (AvgIpc) is 2.79. The summed E-state index contributed by atoms with van der Waals surface area (Å²) in [5, 5.41) is 9.24. The third-order valence-corrected chi connectivity index (χ3v) is 3.48. The van der Waals surface area contributed by atoms with Crippen LogP contribution in [0.2, 0.25) is 0 Å². The summed E-state index contributed by atoms with van der Waals surface area (Å²) >= 11 is 0. The molecule has 0 fully saturated rings. The smallest absolute Gasteiger partial charge is 0.414 e. The molecule has 1 aliphatic rings. The lowest BCUT2D eigenvalue weighted by Gasteiger charge is -2.26. The van der Waals surface area contributed by atoms with Crippen molar-refractivity contribution in [2.45, 2.75) is 45.6 Å². The summed E-state index contributed by atoms with van der Waals surface area (Å²) in [6, 6.07) is 5.53. The molecule has 0 spiro atoms. The molecule has 1 amide bonds. The van der Waals surface area contributed by atoms with Crippen LogP contribution in [0.4, 0.5) is 10.5 Å². The molecular formula is C16H21NO4. The highest BCUT2D eigenvalue weighted by atomic mass is 16.6. The van der Waals surface area contributed by atoms with E-state index in [9.17, 15) is 14.7 Å². The van der Waals surface area contributed by atoms with Gasteiger partial charge in [0.15, 0.2) is 0 Å². The second-order valence-corrected chi connectivity index (χ2v) is 6.30. The summed E-state index contributed by atoms with van der Waals surface area (Å²) in [6.45, 7) is 7.59. The topological polar surface area (TPSA) is 66.8 Å². The van der Waals surface area contributed by atoms with Crippen LogP contribution in [0, 0.1) is 0 Å². The molecule has 0 aromatic heterocycles. The van der Waals surface area contributed by atoms with E-state index >= 15 is 0 Å². The number of carbonyl (C=O) groups excluding carboxylic acids is 1. The molecule has 0 radical (unpaired) electrons. The van der Waals surface area contributed by atoms with Crippen molar-refractivity contribution < 1.29 is 19.4 Å². The zero-order valence-corrected chi connectivity index (χ0v) is 12.8. The molecule has 21 heavy (non-hydrogen) atoms. The molecule has 5 nitrogen and oxygen atoms in total. The van der Waals surface area contributed by atoms with Crippen LogP contribution in [0.5, 0.6) is 0 Å². The highest BCUT2D eigenvalue weighted by Crippen LogP contribution is 2.36. The van der Waals surface area contributed by atoms with Gasteiger partial charge in [-0.3, -0.25) is 9.69 Å². The van der Waals surface area contributed by atoms with Crippen molar-refractivity contribution in [2.75, 3.05) is 11.4 Å². The Bertz CT molecular complexity index is 574. The normalized spacial score (nSPS) is 15.5. The predicted molar refractivity (Wildman–Crippen MR) is 79.8 cm³/mol. The van der Waals surface area contributed by atoms with Gasteiger partial charge in [-0.05, 0) is 45.2 Å². The first-order valence-corrected chi connectivity index (χ1v) is 7.06. The van der Waals surface area contributed by atoms with Crippen LogP contribution >= 0.6 is 0 Å².